The highest BCUT2D eigenvalue weighted by molar-refractivity contribution is 6.31. The Morgan fingerprint density at radius 1 is 1.10 bits per heavy atom. The summed E-state index contributed by atoms with van der Waals surface area (Å²) < 4.78 is 5.63. The van der Waals surface area contributed by atoms with Gasteiger partial charge in [-0.1, -0.05) is 11.6 Å². The molecule has 0 atom stereocenters. The molecule has 2 aromatic heterocycles. The number of rotatable bonds is 5. The smallest absolute Gasteiger partial charge is 0.260 e. The normalized spacial score (nSPS) is 13.9. The van der Waals surface area contributed by atoms with Gasteiger partial charge in [0.1, 0.15) is 5.75 Å². The van der Waals surface area contributed by atoms with Crippen molar-refractivity contribution in [2.45, 2.75) is 6.92 Å². The van der Waals surface area contributed by atoms with E-state index in [1.165, 1.54) is 0 Å². The molecule has 1 amide bonds. The summed E-state index contributed by atoms with van der Waals surface area (Å²) in [5.74, 6) is 1.43. The van der Waals surface area contributed by atoms with E-state index in [9.17, 15) is 4.79 Å². The maximum absolute atomic E-state index is 12.5. The van der Waals surface area contributed by atoms with Crippen LogP contribution < -0.4 is 9.64 Å². The SMILES string of the molecule is Cc1cc(OCC(=O)N2CCN(c3ccc(-c4cccnc4)nn3)CC2)ccc1Cl. The zero-order valence-electron chi connectivity index (χ0n) is 16.7. The van der Waals surface area contributed by atoms with Crippen LogP contribution in [0.3, 0.4) is 0 Å². The van der Waals surface area contributed by atoms with Crippen molar-refractivity contribution in [3.63, 3.8) is 0 Å². The van der Waals surface area contributed by atoms with Gasteiger partial charge in [0, 0.05) is 49.2 Å². The van der Waals surface area contributed by atoms with E-state index >= 15 is 0 Å². The maximum Gasteiger partial charge on any atom is 0.260 e. The molecule has 30 heavy (non-hydrogen) atoms. The van der Waals surface area contributed by atoms with Crippen LogP contribution in [0, 0.1) is 6.92 Å². The Balaban J connectivity index is 1.29. The predicted molar refractivity (Wildman–Crippen MR) is 116 cm³/mol. The Morgan fingerprint density at radius 3 is 2.60 bits per heavy atom. The number of anilines is 1. The number of pyridine rings is 1. The van der Waals surface area contributed by atoms with E-state index in [1.807, 2.05) is 42.2 Å². The zero-order valence-corrected chi connectivity index (χ0v) is 17.4. The molecular weight excluding hydrogens is 402 g/mol. The summed E-state index contributed by atoms with van der Waals surface area (Å²) in [6, 6.07) is 13.1. The molecule has 0 saturated carbocycles. The first-order chi connectivity index (χ1) is 14.6. The van der Waals surface area contributed by atoms with Crippen molar-refractivity contribution in [3.8, 4) is 17.0 Å². The van der Waals surface area contributed by atoms with Crippen molar-refractivity contribution < 1.29 is 9.53 Å². The number of aromatic nitrogens is 3. The van der Waals surface area contributed by atoms with Gasteiger partial charge in [-0.25, -0.2) is 0 Å². The van der Waals surface area contributed by atoms with Crippen LogP contribution in [-0.4, -0.2) is 58.8 Å². The van der Waals surface area contributed by atoms with Crippen molar-refractivity contribution >= 4 is 23.3 Å². The lowest BCUT2D eigenvalue weighted by Gasteiger charge is -2.35. The number of carbonyl (C=O) groups excluding carboxylic acids is 1. The van der Waals surface area contributed by atoms with Crippen LogP contribution in [0.1, 0.15) is 5.56 Å². The Kier molecular flexibility index (Phi) is 6.09. The fourth-order valence-corrected chi connectivity index (χ4v) is 3.41. The second kappa shape index (κ2) is 9.09. The van der Waals surface area contributed by atoms with Gasteiger partial charge in [-0.15, -0.1) is 10.2 Å². The lowest BCUT2D eigenvalue weighted by atomic mass is 10.2. The lowest BCUT2D eigenvalue weighted by Crippen LogP contribution is -2.50. The van der Waals surface area contributed by atoms with Gasteiger partial charge in [0.2, 0.25) is 0 Å². The van der Waals surface area contributed by atoms with Gasteiger partial charge in [0.25, 0.3) is 5.91 Å². The number of nitrogens with zero attached hydrogens (tertiary/aromatic N) is 5. The van der Waals surface area contributed by atoms with Gasteiger partial charge in [0.05, 0.1) is 5.69 Å². The molecule has 7 nitrogen and oxygen atoms in total. The number of hydrogen-bond donors (Lipinski definition) is 0. The Labute approximate surface area is 180 Å². The van der Waals surface area contributed by atoms with Crippen molar-refractivity contribution in [2.24, 2.45) is 0 Å². The molecule has 0 aliphatic carbocycles. The van der Waals surface area contributed by atoms with Crippen LogP contribution in [0.5, 0.6) is 5.75 Å². The van der Waals surface area contributed by atoms with Gasteiger partial charge in [-0.3, -0.25) is 9.78 Å². The minimum Gasteiger partial charge on any atom is -0.484 e. The molecule has 1 aromatic carbocycles. The van der Waals surface area contributed by atoms with Gasteiger partial charge in [0.15, 0.2) is 12.4 Å². The molecule has 1 aliphatic rings. The van der Waals surface area contributed by atoms with Crippen LogP contribution in [0.15, 0.2) is 54.9 Å². The Morgan fingerprint density at radius 2 is 1.93 bits per heavy atom. The van der Waals surface area contributed by atoms with Gasteiger partial charge >= 0.3 is 0 Å². The van der Waals surface area contributed by atoms with Crippen LogP contribution in [0.4, 0.5) is 5.82 Å². The number of aryl methyl sites for hydroxylation is 1. The van der Waals surface area contributed by atoms with E-state index in [-0.39, 0.29) is 12.5 Å². The first-order valence-electron chi connectivity index (χ1n) is 9.76. The molecular formula is C22H22ClN5O2. The number of amides is 1. The number of halogens is 1. The number of ether oxygens (including phenoxy) is 1. The third-order valence-electron chi connectivity index (χ3n) is 5.06. The average Bonchev–Trinajstić information content (AvgIpc) is 2.80. The van der Waals surface area contributed by atoms with Crippen molar-refractivity contribution in [1.29, 1.82) is 0 Å². The maximum atomic E-state index is 12.5. The van der Waals surface area contributed by atoms with Gasteiger partial charge < -0.3 is 14.5 Å². The molecule has 0 radical (unpaired) electrons. The fraction of sp³-hybridized carbons (Fsp3) is 0.273. The summed E-state index contributed by atoms with van der Waals surface area (Å²) in [6.07, 6.45) is 3.50. The highest BCUT2D eigenvalue weighted by Crippen LogP contribution is 2.21. The number of piperazine rings is 1. The van der Waals surface area contributed by atoms with E-state index in [4.69, 9.17) is 16.3 Å². The molecule has 4 rings (SSSR count). The number of benzene rings is 1. The minimum atomic E-state index is -0.0275. The van der Waals surface area contributed by atoms with Gasteiger partial charge in [-0.2, -0.15) is 0 Å². The molecule has 154 valence electrons. The molecule has 3 aromatic rings. The largest absolute Gasteiger partial charge is 0.484 e. The highest BCUT2D eigenvalue weighted by Gasteiger charge is 2.22. The molecule has 8 heteroatoms. The Hall–Kier alpha value is -3.19. The third-order valence-corrected chi connectivity index (χ3v) is 5.48. The zero-order chi connectivity index (χ0) is 20.9. The van der Waals surface area contributed by atoms with Crippen molar-refractivity contribution in [3.05, 3.63) is 65.4 Å². The fourth-order valence-electron chi connectivity index (χ4n) is 3.29. The standard InChI is InChI=1S/C22H22ClN5O2/c1-16-13-18(4-5-19(16)23)30-15-22(29)28-11-9-27(10-12-28)21-7-6-20(25-26-21)17-3-2-8-24-14-17/h2-8,13-14H,9-12,15H2,1H3. The average molecular weight is 424 g/mol. The number of hydrogen-bond acceptors (Lipinski definition) is 6. The van der Waals surface area contributed by atoms with Crippen molar-refractivity contribution in [2.75, 3.05) is 37.7 Å². The lowest BCUT2D eigenvalue weighted by molar-refractivity contribution is -0.133. The first-order valence-corrected chi connectivity index (χ1v) is 10.1. The molecule has 1 saturated heterocycles. The minimum absolute atomic E-state index is 0.0146. The summed E-state index contributed by atoms with van der Waals surface area (Å²) in [7, 11) is 0. The summed E-state index contributed by atoms with van der Waals surface area (Å²) in [4.78, 5) is 20.5. The summed E-state index contributed by atoms with van der Waals surface area (Å²) >= 11 is 6.02. The summed E-state index contributed by atoms with van der Waals surface area (Å²) in [5, 5.41) is 9.34. The topological polar surface area (TPSA) is 71.5 Å². The Bertz CT molecular complexity index is 1010. The van der Waals surface area contributed by atoms with Crippen LogP contribution >= 0.6 is 11.6 Å². The van der Waals surface area contributed by atoms with Crippen LogP contribution in [-0.2, 0) is 4.79 Å². The van der Waals surface area contributed by atoms with E-state index in [0.717, 1.165) is 22.6 Å². The van der Waals surface area contributed by atoms with E-state index in [2.05, 4.69) is 20.1 Å². The van der Waals surface area contributed by atoms with Gasteiger partial charge in [-0.05, 0) is 55.0 Å². The predicted octanol–water partition coefficient (Wildman–Crippen LogP) is 3.23. The van der Waals surface area contributed by atoms with E-state index in [0.29, 0.717) is 37.0 Å². The highest BCUT2D eigenvalue weighted by atomic mass is 35.5. The summed E-state index contributed by atoms with van der Waals surface area (Å²) in [5.41, 5.74) is 2.64. The molecule has 0 unspecified atom stereocenters. The molecule has 0 spiro atoms. The molecule has 1 aliphatic heterocycles. The molecule has 0 N–H and O–H groups in total. The third kappa shape index (κ3) is 4.68. The first kappa shape index (κ1) is 20.1. The second-order valence-corrected chi connectivity index (χ2v) is 7.49. The molecule has 0 bridgehead atoms. The molecule has 3 heterocycles. The molecule has 1 fully saturated rings. The van der Waals surface area contributed by atoms with Crippen LogP contribution in [0.25, 0.3) is 11.3 Å². The summed E-state index contributed by atoms with van der Waals surface area (Å²) in [6.45, 7) is 4.56. The van der Waals surface area contributed by atoms with Crippen LogP contribution in [0.2, 0.25) is 5.02 Å². The van der Waals surface area contributed by atoms with E-state index in [1.54, 1.807) is 24.5 Å². The second-order valence-electron chi connectivity index (χ2n) is 7.09. The van der Waals surface area contributed by atoms with Crippen molar-refractivity contribution in [1.82, 2.24) is 20.1 Å². The quantitative estimate of drug-likeness (QED) is 0.627. The number of carbonyl (C=O) groups is 1. The monoisotopic (exact) mass is 423 g/mol. The van der Waals surface area contributed by atoms with E-state index < -0.39 is 0 Å².